The highest BCUT2D eigenvalue weighted by Gasteiger charge is 1.99. The Morgan fingerprint density at radius 3 is 1.38 bits per heavy atom. The maximum atomic E-state index is 11.9. The van der Waals surface area contributed by atoms with Gasteiger partial charge in [-0.25, -0.2) is 4.79 Å². The van der Waals surface area contributed by atoms with Crippen molar-refractivity contribution in [2.45, 2.75) is 107 Å². The van der Waals surface area contributed by atoms with E-state index in [0.717, 1.165) is 51.4 Å². The van der Waals surface area contributed by atoms with Crippen molar-refractivity contribution in [3.05, 3.63) is 69.9 Å². The molecule has 1 amide bonds. The predicted octanol–water partition coefficient (Wildman–Crippen LogP) is 9.55. The maximum Gasteiger partial charge on any atom is 0.407 e. The van der Waals surface area contributed by atoms with Gasteiger partial charge in [-0.2, -0.15) is 0 Å². The van der Waals surface area contributed by atoms with Gasteiger partial charge in [0.1, 0.15) is 6.61 Å². The first kappa shape index (κ1) is 31.7. The number of hydrogen-bond donors (Lipinski definition) is 1. The first-order chi connectivity index (χ1) is 16.1. The summed E-state index contributed by atoms with van der Waals surface area (Å²) >= 11 is 0. The lowest BCUT2D eigenvalue weighted by Gasteiger charge is -2.05. The minimum Gasteiger partial charge on any atom is -0.445 e. The number of amides is 1. The lowest BCUT2D eigenvalue weighted by molar-refractivity contribution is 0.159. The summed E-state index contributed by atoms with van der Waals surface area (Å²) in [6.07, 6.45) is 21.5. The smallest absolute Gasteiger partial charge is 0.407 e. The Morgan fingerprint density at radius 2 is 0.941 bits per heavy atom. The topological polar surface area (TPSA) is 38.3 Å². The Bertz CT molecular complexity index is 703. The van der Waals surface area contributed by atoms with E-state index < -0.39 is 0 Å². The van der Waals surface area contributed by atoms with Gasteiger partial charge in [0.15, 0.2) is 0 Å². The highest BCUT2D eigenvalue weighted by Crippen LogP contribution is 2.12. The molecule has 0 aliphatic heterocycles. The quantitative estimate of drug-likeness (QED) is 0.228. The number of hydrogen-bond acceptors (Lipinski definition) is 2. The van der Waals surface area contributed by atoms with Crippen LogP contribution in [0.25, 0.3) is 0 Å². The SMILES string of the molecule is CC(C)=CCCC(C)=CCCC(C)=CCNC(=O)OCC=C(C)CCC=C(C)CCC=C(C)C. The van der Waals surface area contributed by atoms with Crippen LogP contribution in [0.15, 0.2) is 69.9 Å². The van der Waals surface area contributed by atoms with Gasteiger partial charge in [0.25, 0.3) is 0 Å². The Kier molecular flexibility index (Phi) is 18.8. The molecule has 0 aromatic heterocycles. The minimum absolute atomic E-state index is 0.320. The Morgan fingerprint density at radius 1 is 0.559 bits per heavy atom. The molecule has 0 spiro atoms. The Hall–Kier alpha value is -2.29. The second-order valence-electron chi connectivity index (χ2n) is 9.90. The molecular formula is C31H51NO2. The van der Waals surface area contributed by atoms with Crippen molar-refractivity contribution in [2.24, 2.45) is 0 Å². The maximum absolute atomic E-state index is 11.9. The zero-order valence-electron chi connectivity index (χ0n) is 23.4. The molecule has 1 N–H and O–H groups in total. The molecule has 0 unspecified atom stereocenters. The number of carbonyl (C=O) groups is 1. The number of nitrogens with one attached hydrogen (secondary N) is 1. The van der Waals surface area contributed by atoms with Crippen molar-refractivity contribution < 1.29 is 9.53 Å². The van der Waals surface area contributed by atoms with Gasteiger partial charge in [0, 0.05) is 6.54 Å². The summed E-state index contributed by atoms with van der Waals surface area (Å²) in [7, 11) is 0. The van der Waals surface area contributed by atoms with Crippen LogP contribution in [0.3, 0.4) is 0 Å². The van der Waals surface area contributed by atoms with E-state index in [1.807, 2.05) is 6.08 Å². The number of ether oxygens (including phenoxy) is 1. The number of allylic oxidation sites excluding steroid dienone is 10. The summed E-state index contributed by atoms with van der Waals surface area (Å²) in [5.41, 5.74) is 8.18. The van der Waals surface area contributed by atoms with Crippen LogP contribution in [0.1, 0.15) is 107 Å². The molecular weight excluding hydrogens is 418 g/mol. The van der Waals surface area contributed by atoms with Crippen LogP contribution in [-0.4, -0.2) is 19.2 Å². The van der Waals surface area contributed by atoms with Crippen LogP contribution in [0.5, 0.6) is 0 Å². The molecule has 3 nitrogen and oxygen atoms in total. The van der Waals surface area contributed by atoms with Gasteiger partial charge in [-0.15, -0.1) is 0 Å². The van der Waals surface area contributed by atoms with Crippen molar-refractivity contribution in [1.29, 1.82) is 0 Å². The van der Waals surface area contributed by atoms with Crippen molar-refractivity contribution in [2.75, 3.05) is 13.2 Å². The van der Waals surface area contributed by atoms with E-state index in [9.17, 15) is 4.79 Å². The minimum atomic E-state index is -0.363. The van der Waals surface area contributed by atoms with E-state index in [0.29, 0.717) is 13.2 Å². The molecule has 192 valence electrons. The third kappa shape index (κ3) is 21.6. The van der Waals surface area contributed by atoms with Gasteiger partial charge in [0.05, 0.1) is 0 Å². The van der Waals surface area contributed by atoms with E-state index >= 15 is 0 Å². The molecule has 0 atom stereocenters. The average molecular weight is 470 g/mol. The fourth-order valence-corrected chi connectivity index (χ4v) is 3.30. The van der Waals surface area contributed by atoms with Crippen LogP contribution in [0.4, 0.5) is 4.79 Å². The fourth-order valence-electron chi connectivity index (χ4n) is 3.30. The van der Waals surface area contributed by atoms with Crippen molar-refractivity contribution in [1.82, 2.24) is 5.32 Å². The highest BCUT2D eigenvalue weighted by atomic mass is 16.5. The second kappa shape index (κ2) is 20.1. The van der Waals surface area contributed by atoms with E-state index in [-0.39, 0.29) is 6.09 Å². The molecule has 0 aromatic rings. The third-order valence-electron chi connectivity index (χ3n) is 5.59. The number of carbonyl (C=O) groups excluding carboxylic acids is 1. The van der Waals surface area contributed by atoms with Crippen LogP contribution >= 0.6 is 0 Å². The average Bonchev–Trinajstić information content (AvgIpc) is 2.73. The van der Waals surface area contributed by atoms with E-state index in [2.05, 4.69) is 91.1 Å². The summed E-state index contributed by atoms with van der Waals surface area (Å²) in [5, 5.41) is 2.81. The second-order valence-corrected chi connectivity index (χ2v) is 9.90. The van der Waals surface area contributed by atoms with Crippen LogP contribution in [0, 0.1) is 0 Å². The van der Waals surface area contributed by atoms with Crippen molar-refractivity contribution in [3.63, 3.8) is 0 Å². The molecule has 0 aromatic carbocycles. The van der Waals surface area contributed by atoms with E-state index in [1.165, 1.54) is 33.4 Å². The van der Waals surface area contributed by atoms with Crippen LogP contribution < -0.4 is 5.32 Å². The van der Waals surface area contributed by atoms with Gasteiger partial charge < -0.3 is 10.1 Å². The third-order valence-corrected chi connectivity index (χ3v) is 5.59. The van der Waals surface area contributed by atoms with E-state index in [4.69, 9.17) is 4.74 Å². The molecule has 34 heavy (non-hydrogen) atoms. The molecule has 0 bridgehead atoms. The summed E-state index contributed by atoms with van der Waals surface area (Å²) in [6.45, 7) is 18.0. The zero-order valence-corrected chi connectivity index (χ0v) is 23.4. The first-order valence-corrected chi connectivity index (χ1v) is 12.9. The zero-order chi connectivity index (χ0) is 25.8. The van der Waals surface area contributed by atoms with Crippen molar-refractivity contribution >= 4 is 6.09 Å². The molecule has 0 saturated carbocycles. The summed E-state index contributed by atoms with van der Waals surface area (Å²) in [6, 6.07) is 0. The monoisotopic (exact) mass is 469 g/mol. The molecule has 3 heteroatoms. The lowest BCUT2D eigenvalue weighted by Crippen LogP contribution is -2.24. The van der Waals surface area contributed by atoms with E-state index in [1.54, 1.807) is 0 Å². The predicted molar refractivity (Wildman–Crippen MR) is 150 cm³/mol. The molecule has 0 rings (SSSR count). The molecule has 0 saturated heterocycles. The Balaban J connectivity index is 4.05. The molecule has 0 heterocycles. The van der Waals surface area contributed by atoms with Gasteiger partial charge in [-0.1, -0.05) is 63.8 Å². The standard InChI is InChI=1S/C31H51NO2/c1-25(2)13-9-15-27(5)17-11-19-29(7)21-23-32-31(33)34-24-22-30(8)20-12-18-28(6)16-10-14-26(3)4/h13-14,17-18,21-22H,9-12,15-16,19-20,23-24H2,1-8H3,(H,32,33). The fraction of sp³-hybridized carbons (Fsp3) is 0.581. The molecule has 0 radical (unpaired) electrons. The lowest BCUT2D eigenvalue weighted by atomic mass is 10.1. The Labute approximate surface area is 210 Å². The van der Waals surface area contributed by atoms with Gasteiger partial charge in [0.2, 0.25) is 0 Å². The summed E-state index contributed by atoms with van der Waals surface area (Å²) in [5.74, 6) is 0. The van der Waals surface area contributed by atoms with Crippen molar-refractivity contribution in [3.8, 4) is 0 Å². The van der Waals surface area contributed by atoms with Crippen LogP contribution in [-0.2, 0) is 4.74 Å². The van der Waals surface area contributed by atoms with Gasteiger partial charge in [-0.05, 0) is 113 Å². The normalized spacial score (nSPS) is 12.9. The largest absolute Gasteiger partial charge is 0.445 e. The first-order valence-electron chi connectivity index (χ1n) is 12.9. The summed E-state index contributed by atoms with van der Waals surface area (Å²) in [4.78, 5) is 11.9. The van der Waals surface area contributed by atoms with Gasteiger partial charge in [-0.3, -0.25) is 0 Å². The van der Waals surface area contributed by atoms with Gasteiger partial charge >= 0.3 is 6.09 Å². The molecule has 0 aliphatic carbocycles. The highest BCUT2D eigenvalue weighted by molar-refractivity contribution is 5.67. The molecule has 0 fully saturated rings. The molecule has 0 aliphatic rings. The number of rotatable bonds is 16. The summed E-state index contributed by atoms with van der Waals surface area (Å²) < 4.78 is 5.27. The number of alkyl carbamates (subject to hydrolysis) is 1. The van der Waals surface area contributed by atoms with Crippen LogP contribution in [0.2, 0.25) is 0 Å².